The number of likely N-dealkylation sites (tertiary alicyclic amines) is 1. The van der Waals surface area contributed by atoms with Crippen LogP contribution in [-0.2, 0) is 12.0 Å². The normalized spacial score (nSPS) is 17.8. The number of aliphatic hydroxyl groups is 1. The van der Waals surface area contributed by atoms with E-state index in [0.29, 0.717) is 24.8 Å². The van der Waals surface area contributed by atoms with Gasteiger partial charge in [-0.2, -0.15) is 0 Å². The van der Waals surface area contributed by atoms with Crippen molar-refractivity contribution in [1.82, 2.24) is 9.88 Å². The van der Waals surface area contributed by atoms with E-state index in [1.807, 2.05) is 37.3 Å². The molecule has 0 bridgehead atoms. The van der Waals surface area contributed by atoms with E-state index in [-0.39, 0.29) is 5.92 Å². The summed E-state index contributed by atoms with van der Waals surface area (Å²) in [6.07, 6.45) is 2.54. The second-order valence-electron chi connectivity index (χ2n) is 9.54. The topological polar surface area (TPSA) is 64.1 Å². The number of fused-ring (bicyclic) bond motifs is 2. The van der Waals surface area contributed by atoms with E-state index in [9.17, 15) is 5.11 Å². The Labute approximate surface area is 207 Å². The van der Waals surface area contributed by atoms with Crippen molar-refractivity contribution < 1.29 is 19.3 Å². The van der Waals surface area contributed by atoms with Gasteiger partial charge in [-0.15, -0.1) is 0 Å². The van der Waals surface area contributed by atoms with Crippen molar-refractivity contribution in [2.24, 2.45) is 5.92 Å². The maximum absolute atomic E-state index is 12.6. The summed E-state index contributed by atoms with van der Waals surface area (Å²) in [5, 5.41) is 13.6. The highest BCUT2D eigenvalue weighted by atomic mass is 16.6. The molecule has 1 fully saturated rings. The van der Waals surface area contributed by atoms with E-state index >= 15 is 0 Å². The minimum atomic E-state index is -1.18. The molecule has 3 aromatic rings. The molecule has 3 heterocycles. The van der Waals surface area contributed by atoms with Gasteiger partial charge in [-0.05, 0) is 73.6 Å². The number of benzene rings is 2. The Kier molecular flexibility index (Phi) is 6.32. The first-order chi connectivity index (χ1) is 16.9. The average Bonchev–Trinajstić information content (AvgIpc) is 2.91. The molecule has 1 unspecified atom stereocenters. The van der Waals surface area contributed by atoms with E-state index < -0.39 is 5.60 Å². The zero-order valence-corrected chi connectivity index (χ0v) is 20.8. The predicted octanol–water partition coefficient (Wildman–Crippen LogP) is 5.06. The molecule has 1 atom stereocenters. The van der Waals surface area contributed by atoms with Gasteiger partial charge in [0.25, 0.3) is 0 Å². The van der Waals surface area contributed by atoms with E-state index in [1.165, 1.54) is 0 Å². The number of piperidine rings is 1. The maximum Gasteiger partial charge on any atom is 0.216 e. The van der Waals surface area contributed by atoms with Crippen molar-refractivity contribution in [3.8, 4) is 17.4 Å². The number of pyridine rings is 1. The Bertz CT molecular complexity index is 1250. The molecule has 5 rings (SSSR count). The van der Waals surface area contributed by atoms with Crippen molar-refractivity contribution in [3.05, 3.63) is 71.4 Å². The van der Waals surface area contributed by atoms with Crippen LogP contribution in [0.15, 0.2) is 54.7 Å². The molecule has 0 amide bonds. The fourth-order valence-electron chi connectivity index (χ4n) is 5.47. The van der Waals surface area contributed by atoms with Gasteiger partial charge in [0.1, 0.15) is 18.8 Å². The number of ether oxygens (including phenoxy) is 3. The number of hydrogen-bond donors (Lipinski definition) is 1. The number of hydrogen-bond acceptors (Lipinski definition) is 6. The zero-order chi connectivity index (χ0) is 24.6. The molecule has 184 valence electrons. The summed E-state index contributed by atoms with van der Waals surface area (Å²) in [5.41, 5.74) is 3.48. The van der Waals surface area contributed by atoms with Crippen LogP contribution in [0.25, 0.3) is 10.9 Å². The van der Waals surface area contributed by atoms with E-state index in [1.54, 1.807) is 7.11 Å². The molecule has 2 aromatic carbocycles. The van der Waals surface area contributed by atoms with Crippen LogP contribution in [0.5, 0.6) is 17.4 Å². The lowest BCUT2D eigenvalue weighted by atomic mass is 9.71. The van der Waals surface area contributed by atoms with Gasteiger partial charge in [0.15, 0.2) is 11.5 Å². The van der Waals surface area contributed by atoms with Crippen molar-refractivity contribution >= 4 is 10.9 Å². The van der Waals surface area contributed by atoms with Crippen molar-refractivity contribution in [2.45, 2.75) is 38.7 Å². The van der Waals surface area contributed by atoms with Crippen LogP contribution in [0.4, 0.5) is 0 Å². The van der Waals surface area contributed by atoms with Gasteiger partial charge >= 0.3 is 0 Å². The molecule has 6 nitrogen and oxygen atoms in total. The van der Waals surface area contributed by atoms with Gasteiger partial charge in [0.05, 0.1) is 12.6 Å². The lowest BCUT2D eigenvalue weighted by molar-refractivity contribution is -0.0102. The quantitative estimate of drug-likeness (QED) is 0.539. The van der Waals surface area contributed by atoms with Crippen LogP contribution in [-0.4, -0.2) is 48.4 Å². The van der Waals surface area contributed by atoms with Gasteiger partial charge in [-0.25, -0.2) is 4.98 Å². The molecular weight excluding hydrogens is 440 g/mol. The van der Waals surface area contributed by atoms with Crippen molar-refractivity contribution in [3.63, 3.8) is 0 Å². The molecule has 35 heavy (non-hydrogen) atoms. The first-order valence-corrected chi connectivity index (χ1v) is 12.4. The summed E-state index contributed by atoms with van der Waals surface area (Å²) in [6, 6.07) is 14.0. The summed E-state index contributed by atoms with van der Waals surface area (Å²) < 4.78 is 17.1. The second-order valence-corrected chi connectivity index (χ2v) is 9.54. The fraction of sp³-hybridized carbons (Fsp3) is 0.414. The summed E-state index contributed by atoms with van der Waals surface area (Å²) in [7, 11) is 1.65. The molecule has 1 aromatic heterocycles. The molecule has 0 spiro atoms. The molecule has 1 saturated heterocycles. The van der Waals surface area contributed by atoms with Gasteiger partial charge in [0.2, 0.25) is 5.88 Å². The third kappa shape index (κ3) is 4.20. The second kappa shape index (κ2) is 9.42. The number of rotatable bonds is 6. The smallest absolute Gasteiger partial charge is 0.216 e. The highest BCUT2D eigenvalue weighted by Gasteiger charge is 2.42. The highest BCUT2D eigenvalue weighted by molar-refractivity contribution is 5.81. The maximum atomic E-state index is 12.6. The third-order valence-corrected chi connectivity index (χ3v) is 7.48. The average molecular weight is 475 g/mol. The van der Waals surface area contributed by atoms with E-state index in [2.05, 4.69) is 30.5 Å². The van der Waals surface area contributed by atoms with Crippen LogP contribution >= 0.6 is 0 Å². The van der Waals surface area contributed by atoms with Crippen LogP contribution in [0.3, 0.4) is 0 Å². The summed E-state index contributed by atoms with van der Waals surface area (Å²) >= 11 is 0. The highest BCUT2D eigenvalue weighted by Crippen LogP contribution is 2.45. The van der Waals surface area contributed by atoms with Gasteiger partial charge < -0.3 is 24.2 Å². The van der Waals surface area contributed by atoms with Gasteiger partial charge in [-0.3, -0.25) is 0 Å². The number of aromatic nitrogens is 1. The summed E-state index contributed by atoms with van der Waals surface area (Å²) in [6.45, 7) is 11.0. The Morgan fingerprint density at radius 3 is 2.46 bits per heavy atom. The van der Waals surface area contributed by atoms with Crippen molar-refractivity contribution in [2.75, 3.05) is 33.4 Å². The minimum Gasteiger partial charge on any atom is -0.486 e. The first-order valence-electron chi connectivity index (χ1n) is 12.4. The SMILES string of the molecule is C=C(C)N1CCC(C(O)(c2ccc3c(c2)OCCO3)c2ccc3nc(OC)c(CC)cc3c2)CC1. The molecular formula is C29H34N2O4. The van der Waals surface area contributed by atoms with Gasteiger partial charge in [-0.1, -0.05) is 25.6 Å². The number of aryl methyl sites for hydroxylation is 1. The Morgan fingerprint density at radius 2 is 1.77 bits per heavy atom. The van der Waals surface area contributed by atoms with E-state index in [4.69, 9.17) is 19.2 Å². The molecule has 0 aliphatic carbocycles. The van der Waals surface area contributed by atoms with E-state index in [0.717, 1.165) is 71.4 Å². The monoisotopic (exact) mass is 474 g/mol. The fourth-order valence-corrected chi connectivity index (χ4v) is 5.47. The molecule has 0 saturated carbocycles. The first kappa shape index (κ1) is 23.5. The molecule has 1 N–H and O–H groups in total. The standard InChI is InChI=1S/C29H34N2O4/c1-5-20-16-21-17-23(6-8-25(21)30-28(20)33-4)29(32,22-10-12-31(13-11-22)19(2)3)24-7-9-26-27(18-24)35-15-14-34-26/h6-9,16-18,22,32H,2,5,10-15H2,1,3-4H3. The largest absolute Gasteiger partial charge is 0.486 e. The molecule has 6 heteroatoms. The molecule has 2 aliphatic rings. The third-order valence-electron chi connectivity index (χ3n) is 7.48. The Balaban J connectivity index is 1.62. The predicted molar refractivity (Wildman–Crippen MR) is 137 cm³/mol. The van der Waals surface area contributed by atoms with Crippen LogP contribution in [0, 0.1) is 5.92 Å². The van der Waals surface area contributed by atoms with Crippen LogP contribution in [0.1, 0.15) is 43.4 Å². The summed E-state index contributed by atoms with van der Waals surface area (Å²) in [4.78, 5) is 7.00. The minimum absolute atomic E-state index is 0.0370. The van der Waals surface area contributed by atoms with Crippen LogP contribution in [0.2, 0.25) is 0 Å². The molecule has 2 aliphatic heterocycles. The zero-order valence-electron chi connectivity index (χ0n) is 20.8. The lowest BCUT2D eigenvalue weighted by Crippen LogP contribution is -2.43. The number of allylic oxidation sites excluding steroid dienone is 1. The van der Waals surface area contributed by atoms with Gasteiger partial charge in [0, 0.05) is 29.7 Å². The number of nitrogens with zero attached hydrogens (tertiary/aromatic N) is 2. The van der Waals surface area contributed by atoms with Crippen molar-refractivity contribution in [1.29, 1.82) is 0 Å². The Hall–Kier alpha value is -3.25. The Morgan fingerprint density at radius 1 is 1.09 bits per heavy atom. The number of methoxy groups -OCH3 is 1. The lowest BCUT2D eigenvalue weighted by Gasteiger charge is -2.43. The summed E-state index contributed by atoms with van der Waals surface area (Å²) in [5.74, 6) is 2.10. The molecule has 0 radical (unpaired) electrons. The van der Waals surface area contributed by atoms with Crippen LogP contribution < -0.4 is 14.2 Å².